The molecule has 0 aromatic heterocycles. The van der Waals surface area contributed by atoms with Gasteiger partial charge in [-0.05, 0) is 24.6 Å². The van der Waals surface area contributed by atoms with E-state index in [4.69, 9.17) is 28.3 Å². The van der Waals surface area contributed by atoms with Gasteiger partial charge in [0.1, 0.15) is 11.5 Å². The minimum absolute atomic E-state index is 0.126. The maximum Gasteiger partial charge on any atom is 0.340 e. The molecule has 0 saturated carbocycles. The van der Waals surface area contributed by atoms with Crippen LogP contribution in [0.2, 0.25) is 0 Å². The highest BCUT2D eigenvalue weighted by molar-refractivity contribution is 6.57. The lowest BCUT2D eigenvalue weighted by atomic mass is 9.96. The smallest absolute Gasteiger partial charge is 0.340 e. The molecule has 1 fully saturated rings. The van der Waals surface area contributed by atoms with Gasteiger partial charge in [-0.25, -0.2) is 24.3 Å². The quantitative estimate of drug-likeness (QED) is 0.537. The Hall–Kier alpha value is -1.71. The van der Waals surface area contributed by atoms with Crippen LogP contribution in [0.4, 0.5) is 18.0 Å². The van der Waals surface area contributed by atoms with Gasteiger partial charge in [0.15, 0.2) is 0 Å². The number of carboxylic acid groups (broad SMARTS) is 1. The van der Waals surface area contributed by atoms with Crippen LogP contribution in [0.25, 0.3) is 0 Å². The Morgan fingerprint density at radius 3 is 2.62 bits per heavy atom. The minimum atomic E-state index is -3.20. The number of aliphatic carboxylic acids is 1. The number of nitrogens with one attached hydrogen (secondary N) is 2. The molecule has 1 atom stereocenters. The van der Waals surface area contributed by atoms with E-state index in [1.54, 1.807) is 0 Å². The lowest BCUT2D eigenvalue weighted by Crippen LogP contribution is -2.50. The summed E-state index contributed by atoms with van der Waals surface area (Å²) in [6, 6.07) is 2.17. The summed E-state index contributed by atoms with van der Waals surface area (Å²) in [4.78, 5) is 22.6. The van der Waals surface area contributed by atoms with Crippen molar-refractivity contribution in [3.8, 4) is 0 Å². The van der Waals surface area contributed by atoms with Crippen LogP contribution in [0.5, 0.6) is 0 Å². The normalized spacial score (nSPS) is 21.3. The molecule has 1 heterocycles. The summed E-state index contributed by atoms with van der Waals surface area (Å²) in [5, 5.41) is 8.93. The van der Waals surface area contributed by atoms with Gasteiger partial charge in [0.05, 0.1) is 0 Å². The largest absolute Gasteiger partial charge is 0.479 e. The molecule has 3 N–H and O–H groups in total. The highest BCUT2D eigenvalue weighted by atomic mass is 35.5. The van der Waals surface area contributed by atoms with E-state index in [9.17, 15) is 22.8 Å². The van der Waals surface area contributed by atoms with Crippen LogP contribution in [-0.2, 0) is 16.9 Å². The van der Waals surface area contributed by atoms with Crippen LogP contribution in [0.15, 0.2) is 18.2 Å². The topological polar surface area (TPSA) is 81.7 Å². The van der Waals surface area contributed by atoms with Crippen LogP contribution in [0, 0.1) is 5.82 Å². The van der Waals surface area contributed by atoms with E-state index in [1.807, 2.05) is 5.43 Å². The van der Waals surface area contributed by atoms with Crippen LogP contribution in [-0.4, -0.2) is 32.9 Å². The molecule has 1 unspecified atom stereocenters. The molecular weight excluding hydrogens is 374 g/mol. The van der Waals surface area contributed by atoms with Gasteiger partial charge in [-0.1, -0.05) is 29.3 Å². The number of hydrogen-bond acceptors (Lipinski definition) is 3. The first-order chi connectivity index (χ1) is 11.0. The Bertz CT molecular complexity index is 690. The van der Waals surface area contributed by atoms with Crippen molar-refractivity contribution in [1.82, 2.24) is 15.8 Å². The van der Waals surface area contributed by atoms with E-state index >= 15 is 0 Å². The summed E-state index contributed by atoms with van der Waals surface area (Å²) in [7, 11) is 0. The molecule has 0 radical (unpaired) electrons. The van der Waals surface area contributed by atoms with Gasteiger partial charge in [0.2, 0.25) is 4.33 Å². The van der Waals surface area contributed by atoms with Crippen molar-refractivity contribution in [2.24, 2.45) is 0 Å². The second-order valence-corrected chi connectivity index (χ2v) is 6.76. The second kappa shape index (κ2) is 6.30. The molecule has 11 heteroatoms. The Labute approximate surface area is 144 Å². The zero-order valence-corrected chi connectivity index (χ0v) is 13.6. The van der Waals surface area contributed by atoms with Crippen LogP contribution in [0.3, 0.4) is 0 Å². The van der Waals surface area contributed by atoms with Gasteiger partial charge in [-0.2, -0.15) is 8.78 Å². The predicted octanol–water partition coefficient (Wildman–Crippen LogP) is 2.55. The van der Waals surface area contributed by atoms with Crippen LogP contribution in [0.1, 0.15) is 18.1 Å². The second-order valence-electron chi connectivity index (χ2n) is 5.28. The number of halogens is 5. The first kappa shape index (κ1) is 18.6. The lowest BCUT2D eigenvalue weighted by molar-refractivity contribution is -0.137. The van der Waals surface area contributed by atoms with E-state index in [0.717, 1.165) is 12.1 Å². The molecule has 1 aliphatic rings. The predicted molar refractivity (Wildman–Crippen MR) is 79.0 cm³/mol. The van der Waals surface area contributed by atoms with Gasteiger partial charge in [0.25, 0.3) is 0 Å². The van der Waals surface area contributed by atoms with Crippen molar-refractivity contribution < 1.29 is 27.9 Å². The fourth-order valence-corrected chi connectivity index (χ4v) is 2.68. The molecule has 1 saturated heterocycles. The van der Waals surface area contributed by atoms with Gasteiger partial charge in [-0.3, -0.25) is 5.43 Å². The number of benzene rings is 1. The molecule has 0 bridgehead atoms. The van der Waals surface area contributed by atoms with E-state index in [0.29, 0.717) is 0 Å². The van der Waals surface area contributed by atoms with Crippen LogP contribution < -0.4 is 10.9 Å². The van der Waals surface area contributed by atoms with Gasteiger partial charge in [-0.15, -0.1) is 0 Å². The SMILES string of the molecule is CC1(c2cc(CC(Cl)(Cl)C(=O)O)ccc2F)NNC(=O)N1C(F)F. The molecule has 1 aliphatic heterocycles. The molecule has 6 nitrogen and oxygen atoms in total. The van der Waals surface area contributed by atoms with E-state index in [1.165, 1.54) is 13.0 Å². The van der Waals surface area contributed by atoms with Gasteiger partial charge < -0.3 is 5.11 Å². The number of alkyl halides is 4. The van der Waals surface area contributed by atoms with Crippen molar-refractivity contribution >= 4 is 35.2 Å². The number of carbonyl (C=O) groups excluding carboxylic acids is 1. The highest BCUT2D eigenvalue weighted by Crippen LogP contribution is 2.35. The average Bonchev–Trinajstić information content (AvgIpc) is 2.77. The monoisotopic (exact) mass is 385 g/mol. The number of carboxylic acids is 1. The lowest BCUT2D eigenvalue weighted by Gasteiger charge is -2.33. The zero-order valence-electron chi connectivity index (χ0n) is 12.1. The standard InChI is InChI=1S/C13H12Cl2F3N3O3/c1-12(20-19-11(24)21(12)10(17)18)7-4-6(2-3-8(7)16)5-13(14,15)9(22)23/h2-4,10,20H,5H2,1H3,(H,19,24)(H,22,23). The van der Waals surface area contributed by atoms with Crippen molar-refractivity contribution in [3.63, 3.8) is 0 Å². The van der Waals surface area contributed by atoms with Crippen molar-refractivity contribution in [2.75, 3.05) is 0 Å². The summed E-state index contributed by atoms with van der Waals surface area (Å²) in [6.45, 7) is -2.03. The summed E-state index contributed by atoms with van der Waals surface area (Å²) in [6.07, 6.45) is -0.398. The van der Waals surface area contributed by atoms with Crippen LogP contribution >= 0.6 is 23.2 Å². The molecule has 1 aromatic rings. The molecule has 0 spiro atoms. The van der Waals surface area contributed by atoms with E-state index in [-0.39, 0.29) is 16.0 Å². The Kier molecular flexibility index (Phi) is 4.89. The third kappa shape index (κ3) is 3.24. The molecular formula is C13H12Cl2F3N3O3. The summed E-state index contributed by atoms with van der Waals surface area (Å²) < 4.78 is 38.3. The molecule has 24 heavy (non-hydrogen) atoms. The number of nitrogens with zero attached hydrogens (tertiary/aromatic N) is 1. The summed E-state index contributed by atoms with van der Waals surface area (Å²) in [5.41, 5.74) is 2.30. The highest BCUT2D eigenvalue weighted by Gasteiger charge is 2.49. The summed E-state index contributed by atoms with van der Waals surface area (Å²) in [5.74, 6) is -2.38. The van der Waals surface area contributed by atoms with E-state index < -0.39 is 40.8 Å². The van der Waals surface area contributed by atoms with Crippen molar-refractivity contribution in [2.45, 2.75) is 29.9 Å². The van der Waals surface area contributed by atoms with Gasteiger partial charge >= 0.3 is 18.5 Å². The number of urea groups is 1. The Morgan fingerprint density at radius 2 is 2.08 bits per heavy atom. The van der Waals surface area contributed by atoms with Gasteiger partial charge in [0, 0.05) is 12.0 Å². The van der Waals surface area contributed by atoms with E-state index in [2.05, 4.69) is 5.43 Å². The zero-order chi connectivity index (χ0) is 18.3. The number of rotatable bonds is 5. The third-order valence-corrected chi connectivity index (χ3v) is 4.19. The first-order valence-electron chi connectivity index (χ1n) is 6.54. The fraction of sp³-hybridized carbons (Fsp3) is 0.385. The minimum Gasteiger partial charge on any atom is -0.479 e. The fourth-order valence-electron chi connectivity index (χ4n) is 2.37. The maximum atomic E-state index is 14.2. The van der Waals surface area contributed by atoms with Crippen molar-refractivity contribution in [1.29, 1.82) is 0 Å². The molecule has 0 aliphatic carbocycles. The summed E-state index contributed by atoms with van der Waals surface area (Å²) >= 11 is 11.3. The average molecular weight is 386 g/mol. The first-order valence-corrected chi connectivity index (χ1v) is 7.29. The molecule has 132 valence electrons. The molecule has 1 aromatic carbocycles. The number of hydrogen-bond donors (Lipinski definition) is 3. The Balaban J connectivity index is 2.45. The molecule has 2 rings (SSSR count). The number of amides is 2. The maximum absolute atomic E-state index is 14.2. The van der Waals surface area contributed by atoms with Crippen molar-refractivity contribution in [3.05, 3.63) is 35.1 Å². The number of hydrazine groups is 1. The molecule has 2 amide bonds. The number of carbonyl (C=O) groups is 2. The Morgan fingerprint density at radius 1 is 1.46 bits per heavy atom. The third-order valence-electron chi connectivity index (χ3n) is 3.60.